The molecule has 0 saturated carbocycles. The SMILES string of the molecule is [CH2-]C.[CH2-]C#CC1=CC=CC2NC(=O)/C(=C\Nc3ccccc3)C12.[Y]. The summed E-state index contributed by atoms with van der Waals surface area (Å²) in [7, 11) is 0. The Labute approximate surface area is 169 Å². The number of carbonyl (C=O) groups excluding carboxylic acids is 1. The molecule has 2 atom stereocenters. The summed E-state index contributed by atoms with van der Waals surface area (Å²) in [6.07, 6.45) is 7.62. The van der Waals surface area contributed by atoms with Gasteiger partial charge in [0.15, 0.2) is 0 Å². The van der Waals surface area contributed by atoms with E-state index in [0.29, 0.717) is 5.57 Å². The Morgan fingerprint density at radius 1 is 1.25 bits per heavy atom. The van der Waals surface area contributed by atoms with Crippen molar-refractivity contribution in [2.24, 2.45) is 5.92 Å². The molecule has 2 aliphatic rings. The number of nitrogens with one attached hydrogen (secondary N) is 2. The van der Waals surface area contributed by atoms with Crippen LogP contribution in [0.5, 0.6) is 0 Å². The van der Waals surface area contributed by atoms with Crippen LogP contribution < -0.4 is 10.6 Å². The Hall–Kier alpha value is -1.76. The third-order valence-corrected chi connectivity index (χ3v) is 3.58. The zero-order chi connectivity index (χ0) is 16.7. The molecule has 121 valence electrons. The van der Waals surface area contributed by atoms with Gasteiger partial charge in [-0.2, -0.15) is 13.8 Å². The molecule has 1 fully saturated rings. The van der Waals surface area contributed by atoms with Crippen molar-refractivity contribution < 1.29 is 37.5 Å². The van der Waals surface area contributed by atoms with Crippen LogP contribution in [0.25, 0.3) is 0 Å². The molecule has 3 rings (SSSR count). The van der Waals surface area contributed by atoms with Crippen LogP contribution in [0.15, 0.2) is 65.9 Å². The maximum Gasteiger partial charge on any atom is 0.249 e. The molecule has 1 amide bonds. The number of anilines is 1. The predicted molar refractivity (Wildman–Crippen MR) is 95.0 cm³/mol. The van der Waals surface area contributed by atoms with Gasteiger partial charge in [-0.05, 0) is 12.1 Å². The summed E-state index contributed by atoms with van der Waals surface area (Å²) in [5, 5.41) is 6.14. The largest absolute Gasteiger partial charge is 0.361 e. The van der Waals surface area contributed by atoms with Gasteiger partial charge in [0, 0.05) is 56.1 Å². The van der Waals surface area contributed by atoms with E-state index in [9.17, 15) is 4.79 Å². The van der Waals surface area contributed by atoms with Gasteiger partial charge in [0.2, 0.25) is 5.91 Å². The maximum absolute atomic E-state index is 12.2. The second-order valence-corrected chi connectivity index (χ2v) is 4.90. The molecule has 4 heteroatoms. The molecular weight excluding hydrogens is 373 g/mol. The number of benzene rings is 1. The Balaban J connectivity index is 0.000000925. The minimum absolute atomic E-state index is 0. The smallest absolute Gasteiger partial charge is 0.249 e. The van der Waals surface area contributed by atoms with Gasteiger partial charge in [0.25, 0.3) is 0 Å². The number of hydrogen-bond acceptors (Lipinski definition) is 2. The number of amides is 1. The van der Waals surface area contributed by atoms with Crippen LogP contribution in [0.2, 0.25) is 0 Å². The van der Waals surface area contributed by atoms with Gasteiger partial charge in [-0.15, -0.1) is 0 Å². The molecule has 1 heterocycles. The van der Waals surface area contributed by atoms with E-state index in [1.54, 1.807) is 13.1 Å². The number of rotatable bonds is 2. The topological polar surface area (TPSA) is 41.1 Å². The average molecular weight is 393 g/mol. The predicted octanol–water partition coefficient (Wildman–Crippen LogP) is 3.27. The maximum atomic E-state index is 12.2. The van der Waals surface area contributed by atoms with E-state index in [2.05, 4.69) is 36.3 Å². The molecule has 0 bridgehead atoms. The fourth-order valence-corrected chi connectivity index (χ4v) is 2.63. The molecule has 1 aromatic carbocycles. The summed E-state index contributed by atoms with van der Waals surface area (Å²) in [6, 6.07) is 9.72. The van der Waals surface area contributed by atoms with Crippen LogP contribution in [-0.2, 0) is 37.5 Å². The van der Waals surface area contributed by atoms with Crippen LogP contribution in [-0.4, -0.2) is 11.9 Å². The summed E-state index contributed by atoms with van der Waals surface area (Å²) >= 11 is 0. The van der Waals surface area contributed by atoms with Crippen molar-refractivity contribution in [2.45, 2.75) is 13.0 Å². The summed E-state index contributed by atoms with van der Waals surface area (Å²) in [4.78, 5) is 12.2. The van der Waals surface area contributed by atoms with Gasteiger partial charge in [-0.3, -0.25) is 16.6 Å². The van der Waals surface area contributed by atoms with Gasteiger partial charge in [-0.1, -0.05) is 42.0 Å². The second kappa shape index (κ2) is 10.2. The molecule has 3 nitrogen and oxygen atoms in total. The standard InChI is InChI=1S/C18H15N2O.C2H5.Y/c1-2-7-13-8-6-11-16-17(13)15(18(21)20-16)12-19-14-9-4-3-5-10-14;1-2;/h3-6,8-12,16-17,19H,1H2,(H,20,21);1H2,2H3;/q2*-1;/b15-12-;;. The van der Waals surface area contributed by atoms with Crippen molar-refractivity contribution >= 4 is 11.6 Å². The van der Waals surface area contributed by atoms with E-state index in [-0.39, 0.29) is 50.6 Å². The number of hydrogen-bond donors (Lipinski definition) is 2. The van der Waals surface area contributed by atoms with Gasteiger partial charge in [0.1, 0.15) is 0 Å². The monoisotopic (exact) mass is 393 g/mol. The number of carbonyl (C=O) groups is 1. The fourth-order valence-electron chi connectivity index (χ4n) is 2.63. The van der Waals surface area contributed by atoms with Crippen molar-refractivity contribution in [3.8, 4) is 11.8 Å². The average Bonchev–Trinajstić information content (AvgIpc) is 2.92. The molecule has 24 heavy (non-hydrogen) atoms. The first-order valence-electron chi connectivity index (χ1n) is 7.49. The number of para-hydroxylation sites is 1. The summed E-state index contributed by atoms with van der Waals surface area (Å²) in [5.74, 6) is 5.56. The third-order valence-electron chi connectivity index (χ3n) is 3.58. The van der Waals surface area contributed by atoms with E-state index in [0.717, 1.165) is 11.3 Å². The first-order chi connectivity index (χ1) is 11.3. The first-order valence-corrected chi connectivity index (χ1v) is 7.49. The van der Waals surface area contributed by atoms with Crippen LogP contribution in [0.1, 0.15) is 6.92 Å². The first kappa shape index (κ1) is 20.3. The van der Waals surface area contributed by atoms with Crippen molar-refractivity contribution in [1.82, 2.24) is 5.32 Å². The fraction of sp³-hybridized carbons (Fsp3) is 0.150. The van der Waals surface area contributed by atoms with Gasteiger partial charge < -0.3 is 17.6 Å². The molecule has 1 saturated heterocycles. The molecule has 2 unspecified atom stereocenters. The van der Waals surface area contributed by atoms with Crippen molar-refractivity contribution in [2.75, 3.05) is 5.32 Å². The van der Waals surface area contributed by atoms with Crippen molar-refractivity contribution in [3.63, 3.8) is 0 Å². The summed E-state index contributed by atoms with van der Waals surface area (Å²) in [5.41, 5.74) is 2.56. The molecule has 1 radical (unpaired) electrons. The van der Waals surface area contributed by atoms with Crippen LogP contribution in [0.3, 0.4) is 0 Å². The minimum Gasteiger partial charge on any atom is -0.361 e. The Morgan fingerprint density at radius 3 is 2.62 bits per heavy atom. The zero-order valence-electron chi connectivity index (χ0n) is 13.8. The molecule has 1 aromatic rings. The van der Waals surface area contributed by atoms with E-state index in [1.807, 2.05) is 48.6 Å². The molecular formula is C20H20N2OY-2. The summed E-state index contributed by atoms with van der Waals surface area (Å²) < 4.78 is 0. The van der Waals surface area contributed by atoms with E-state index < -0.39 is 0 Å². The van der Waals surface area contributed by atoms with Crippen LogP contribution in [0, 0.1) is 31.6 Å². The van der Waals surface area contributed by atoms with E-state index >= 15 is 0 Å². The Kier molecular flexibility index (Phi) is 8.61. The van der Waals surface area contributed by atoms with Crippen LogP contribution >= 0.6 is 0 Å². The minimum atomic E-state index is -0.0586. The van der Waals surface area contributed by atoms with Gasteiger partial charge in [0.05, 0.1) is 6.04 Å². The zero-order valence-corrected chi connectivity index (χ0v) is 16.6. The molecule has 2 N–H and O–H groups in total. The number of fused-ring (bicyclic) bond motifs is 1. The molecule has 1 aliphatic carbocycles. The molecule has 1 aliphatic heterocycles. The summed E-state index contributed by atoms with van der Waals surface area (Å²) in [6.45, 7) is 8.57. The Morgan fingerprint density at radius 2 is 1.96 bits per heavy atom. The molecule has 0 spiro atoms. The quantitative estimate of drug-likeness (QED) is 0.460. The van der Waals surface area contributed by atoms with Crippen molar-refractivity contribution in [1.29, 1.82) is 0 Å². The van der Waals surface area contributed by atoms with Crippen LogP contribution in [0.4, 0.5) is 5.69 Å². The van der Waals surface area contributed by atoms with E-state index in [4.69, 9.17) is 0 Å². The normalized spacial score (nSPS) is 21.8. The van der Waals surface area contributed by atoms with Crippen molar-refractivity contribution in [3.05, 3.63) is 79.8 Å². The van der Waals surface area contributed by atoms with Gasteiger partial charge in [-0.25, -0.2) is 0 Å². The number of allylic oxidation sites excluding steroid dienone is 2. The molecule has 0 aromatic heterocycles. The second-order valence-electron chi connectivity index (χ2n) is 4.90. The van der Waals surface area contributed by atoms with E-state index in [1.165, 1.54) is 0 Å². The van der Waals surface area contributed by atoms with Gasteiger partial charge >= 0.3 is 0 Å². The third kappa shape index (κ3) is 4.63. The Bertz CT molecular complexity index is 708.